The number of carbonyl (C=O) groups is 2. The number of carboxylic acid groups (broad SMARTS) is 1. The molecule has 1 aromatic carbocycles. The van der Waals surface area contributed by atoms with E-state index in [-0.39, 0.29) is 5.91 Å². The summed E-state index contributed by atoms with van der Waals surface area (Å²) in [5.74, 6) is -0.646. The molecule has 1 atom stereocenters. The maximum atomic E-state index is 12.6. The number of nitrogens with zero attached hydrogens (tertiary/aromatic N) is 3. The van der Waals surface area contributed by atoms with E-state index >= 15 is 0 Å². The van der Waals surface area contributed by atoms with E-state index in [2.05, 4.69) is 36.1 Å². The molecule has 0 radical (unpaired) electrons. The lowest BCUT2D eigenvalue weighted by molar-refractivity contribution is -0.147. The number of carboxylic acids is 1. The molecule has 0 saturated carbocycles. The van der Waals surface area contributed by atoms with Crippen molar-refractivity contribution in [2.45, 2.75) is 26.8 Å². The Morgan fingerprint density at radius 1 is 1.12 bits per heavy atom. The molecular weight excluding hydrogens is 330 g/mol. The SMILES string of the molecule is Cc1cccc(CN2CCN(C(=O)CN3CCC(C)(C(=O)O)C3)CC2)c1. The molecule has 26 heavy (non-hydrogen) atoms. The quantitative estimate of drug-likeness (QED) is 0.862. The lowest BCUT2D eigenvalue weighted by atomic mass is 9.90. The number of amides is 1. The first-order valence-corrected chi connectivity index (χ1v) is 9.37. The normalized spacial score (nSPS) is 24.8. The van der Waals surface area contributed by atoms with Gasteiger partial charge in [0, 0.05) is 39.3 Å². The second kappa shape index (κ2) is 7.76. The zero-order valence-electron chi connectivity index (χ0n) is 15.8. The highest BCUT2D eigenvalue weighted by molar-refractivity contribution is 5.79. The van der Waals surface area contributed by atoms with E-state index in [9.17, 15) is 14.7 Å². The van der Waals surface area contributed by atoms with Crippen LogP contribution in [-0.4, -0.2) is 77.5 Å². The lowest BCUT2D eigenvalue weighted by Gasteiger charge is -2.35. The molecular formula is C20H29N3O3. The molecule has 0 spiro atoms. The molecule has 0 aromatic heterocycles. The second-order valence-electron chi connectivity index (χ2n) is 7.97. The molecule has 2 aliphatic rings. The van der Waals surface area contributed by atoms with Gasteiger partial charge < -0.3 is 10.0 Å². The van der Waals surface area contributed by atoms with Crippen molar-refractivity contribution in [2.24, 2.45) is 5.41 Å². The molecule has 3 rings (SSSR count). The minimum Gasteiger partial charge on any atom is -0.481 e. The Labute approximate surface area is 155 Å². The summed E-state index contributed by atoms with van der Waals surface area (Å²) in [5, 5.41) is 9.31. The van der Waals surface area contributed by atoms with E-state index in [1.54, 1.807) is 6.92 Å². The largest absolute Gasteiger partial charge is 0.481 e. The summed E-state index contributed by atoms with van der Waals surface area (Å²) < 4.78 is 0. The molecule has 1 N–H and O–H groups in total. The van der Waals surface area contributed by atoms with Gasteiger partial charge in [-0.1, -0.05) is 29.8 Å². The van der Waals surface area contributed by atoms with Gasteiger partial charge in [0.05, 0.1) is 12.0 Å². The highest BCUT2D eigenvalue weighted by Crippen LogP contribution is 2.29. The zero-order chi connectivity index (χ0) is 18.7. The van der Waals surface area contributed by atoms with Crippen LogP contribution in [0.15, 0.2) is 24.3 Å². The summed E-state index contributed by atoms with van der Waals surface area (Å²) >= 11 is 0. The Bertz CT molecular complexity index is 670. The fourth-order valence-corrected chi connectivity index (χ4v) is 3.88. The van der Waals surface area contributed by atoms with Crippen molar-refractivity contribution in [1.82, 2.24) is 14.7 Å². The minimum absolute atomic E-state index is 0.120. The number of aryl methyl sites for hydroxylation is 1. The summed E-state index contributed by atoms with van der Waals surface area (Å²) in [5.41, 5.74) is 1.87. The smallest absolute Gasteiger partial charge is 0.310 e. The monoisotopic (exact) mass is 359 g/mol. The summed E-state index contributed by atoms with van der Waals surface area (Å²) in [6.07, 6.45) is 0.611. The summed E-state index contributed by atoms with van der Waals surface area (Å²) in [7, 11) is 0. The van der Waals surface area contributed by atoms with E-state index in [0.29, 0.717) is 26.1 Å². The van der Waals surface area contributed by atoms with Crippen molar-refractivity contribution >= 4 is 11.9 Å². The maximum absolute atomic E-state index is 12.6. The van der Waals surface area contributed by atoms with Crippen LogP contribution in [-0.2, 0) is 16.1 Å². The van der Waals surface area contributed by atoms with E-state index < -0.39 is 11.4 Å². The zero-order valence-corrected chi connectivity index (χ0v) is 15.8. The third-order valence-electron chi connectivity index (χ3n) is 5.64. The lowest BCUT2D eigenvalue weighted by Crippen LogP contribution is -2.50. The number of piperazine rings is 1. The third kappa shape index (κ3) is 4.43. The van der Waals surface area contributed by atoms with E-state index in [4.69, 9.17) is 0 Å². The predicted molar refractivity (Wildman–Crippen MR) is 99.8 cm³/mol. The molecule has 2 fully saturated rings. The van der Waals surface area contributed by atoms with Crippen LogP contribution in [0.25, 0.3) is 0 Å². The average Bonchev–Trinajstić information content (AvgIpc) is 2.98. The Hall–Kier alpha value is -1.92. The third-order valence-corrected chi connectivity index (χ3v) is 5.64. The first-order chi connectivity index (χ1) is 12.4. The molecule has 2 aliphatic heterocycles. The number of hydrogen-bond acceptors (Lipinski definition) is 4. The van der Waals surface area contributed by atoms with Crippen molar-refractivity contribution in [3.8, 4) is 0 Å². The summed E-state index contributed by atoms with van der Waals surface area (Å²) in [6.45, 7) is 9.52. The number of carbonyl (C=O) groups excluding carboxylic acids is 1. The Balaban J connectivity index is 1.45. The molecule has 1 unspecified atom stereocenters. The average molecular weight is 359 g/mol. The van der Waals surface area contributed by atoms with Gasteiger partial charge in [-0.3, -0.25) is 19.4 Å². The molecule has 6 heteroatoms. The summed E-state index contributed by atoms with van der Waals surface area (Å²) in [6, 6.07) is 8.56. The van der Waals surface area contributed by atoms with Crippen LogP contribution in [0.2, 0.25) is 0 Å². The van der Waals surface area contributed by atoms with Crippen LogP contribution in [0.4, 0.5) is 0 Å². The maximum Gasteiger partial charge on any atom is 0.310 e. The molecule has 1 aromatic rings. The number of rotatable bonds is 5. The van der Waals surface area contributed by atoms with Crippen molar-refractivity contribution in [1.29, 1.82) is 0 Å². The molecule has 0 bridgehead atoms. The molecule has 142 valence electrons. The van der Waals surface area contributed by atoms with Gasteiger partial charge in [-0.2, -0.15) is 0 Å². The van der Waals surface area contributed by atoms with E-state index in [1.165, 1.54) is 11.1 Å². The topological polar surface area (TPSA) is 64.1 Å². The number of hydrogen-bond donors (Lipinski definition) is 1. The van der Waals surface area contributed by atoms with Crippen LogP contribution < -0.4 is 0 Å². The van der Waals surface area contributed by atoms with Gasteiger partial charge in [0.1, 0.15) is 0 Å². The predicted octanol–water partition coefficient (Wildman–Crippen LogP) is 1.44. The standard InChI is InChI=1S/C20H29N3O3/c1-16-4-3-5-17(12-16)13-21-8-10-23(11-9-21)18(24)14-22-7-6-20(2,15-22)19(25)26/h3-5,12H,6-11,13-15H2,1-2H3,(H,25,26). The molecule has 0 aliphatic carbocycles. The van der Waals surface area contributed by atoms with Crippen LogP contribution in [0.1, 0.15) is 24.5 Å². The first-order valence-electron chi connectivity index (χ1n) is 9.37. The van der Waals surface area contributed by atoms with Gasteiger partial charge in [0.2, 0.25) is 5.91 Å². The van der Waals surface area contributed by atoms with E-state index in [1.807, 2.05) is 9.80 Å². The van der Waals surface area contributed by atoms with Gasteiger partial charge in [0.15, 0.2) is 0 Å². The minimum atomic E-state index is -0.766. The molecule has 2 heterocycles. The molecule has 2 saturated heterocycles. The van der Waals surface area contributed by atoms with Crippen molar-refractivity contribution in [3.05, 3.63) is 35.4 Å². The molecule has 1 amide bonds. The number of aliphatic carboxylic acids is 1. The van der Waals surface area contributed by atoms with Gasteiger partial charge in [-0.25, -0.2) is 0 Å². The Kier molecular flexibility index (Phi) is 5.63. The summed E-state index contributed by atoms with van der Waals surface area (Å²) in [4.78, 5) is 30.2. The van der Waals surface area contributed by atoms with Crippen LogP contribution >= 0.6 is 0 Å². The van der Waals surface area contributed by atoms with Crippen LogP contribution in [0, 0.1) is 12.3 Å². The Morgan fingerprint density at radius 3 is 2.46 bits per heavy atom. The van der Waals surface area contributed by atoms with Crippen molar-refractivity contribution in [2.75, 3.05) is 45.8 Å². The second-order valence-corrected chi connectivity index (χ2v) is 7.97. The number of likely N-dealkylation sites (tertiary alicyclic amines) is 1. The fourth-order valence-electron chi connectivity index (χ4n) is 3.88. The highest BCUT2D eigenvalue weighted by atomic mass is 16.4. The van der Waals surface area contributed by atoms with E-state index in [0.717, 1.165) is 32.7 Å². The van der Waals surface area contributed by atoms with Crippen LogP contribution in [0.5, 0.6) is 0 Å². The van der Waals surface area contributed by atoms with Crippen molar-refractivity contribution in [3.63, 3.8) is 0 Å². The fraction of sp³-hybridized carbons (Fsp3) is 0.600. The highest BCUT2D eigenvalue weighted by Gasteiger charge is 2.41. The van der Waals surface area contributed by atoms with Gasteiger partial charge in [0.25, 0.3) is 0 Å². The van der Waals surface area contributed by atoms with Gasteiger partial charge >= 0.3 is 5.97 Å². The first kappa shape index (κ1) is 18.9. The van der Waals surface area contributed by atoms with Gasteiger partial charge in [-0.15, -0.1) is 0 Å². The van der Waals surface area contributed by atoms with Crippen molar-refractivity contribution < 1.29 is 14.7 Å². The molecule has 6 nitrogen and oxygen atoms in total. The van der Waals surface area contributed by atoms with Crippen LogP contribution in [0.3, 0.4) is 0 Å². The Morgan fingerprint density at radius 2 is 1.85 bits per heavy atom. The number of benzene rings is 1. The van der Waals surface area contributed by atoms with Gasteiger partial charge in [-0.05, 0) is 32.4 Å².